The van der Waals surface area contributed by atoms with Gasteiger partial charge in [0, 0.05) is 18.7 Å². The Morgan fingerprint density at radius 1 is 1.04 bits per heavy atom. The molecule has 1 saturated heterocycles. The van der Waals surface area contributed by atoms with Crippen molar-refractivity contribution in [3.8, 4) is 11.5 Å². The average Bonchev–Trinajstić information content (AvgIpc) is 3.12. The summed E-state index contributed by atoms with van der Waals surface area (Å²) in [6.07, 6.45) is -0.0779. The number of morpholine rings is 1. The van der Waals surface area contributed by atoms with Gasteiger partial charge in [-0.25, -0.2) is 4.39 Å². The lowest BCUT2D eigenvalue weighted by atomic mass is 10.1. The molecule has 1 fully saturated rings. The maximum absolute atomic E-state index is 13.1. The molecule has 0 bridgehead atoms. The van der Waals surface area contributed by atoms with Crippen LogP contribution in [0.15, 0.2) is 59.0 Å². The van der Waals surface area contributed by atoms with E-state index in [4.69, 9.17) is 9.15 Å². The van der Waals surface area contributed by atoms with Gasteiger partial charge in [-0.1, -0.05) is 30.3 Å². The Bertz CT molecular complexity index is 820. The summed E-state index contributed by atoms with van der Waals surface area (Å²) in [5, 5.41) is 8.27. The second kappa shape index (κ2) is 7.13. The van der Waals surface area contributed by atoms with Gasteiger partial charge in [0.1, 0.15) is 5.82 Å². The highest BCUT2D eigenvalue weighted by Crippen LogP contribution is 2.24. The van der Waals surface area contributed by atoms with Gasteiger partial charge in [0.25, 0.3) is 0 Å². The number of rotatable bonds is 4. The minimum atomic E-state index is -0.240. The third kappa shape index (κ3) is 3.75. The van der Waals surface area contributed by atoms with Gasteiger partial charge >= 0.3 is 0 Å². The van der Waals surface area contributed by atoms with E-state index in [-0.39, 0.29) is 11.9 Å². The van der Waals surface area contributed by atoms with Crippen LogP contribution >= 0.6 is 0 Å². The second-order valence-electron chi connectivity index (χ2n) is 6.01. The summed E-state index contributed by atoms with van der Waals surface area (Å²) in [7, 11) is 0. The molecule has 4 rings (SSSR count). The number of halogens is 1. The van der Waals surface area contributed by atoms with Gasteiger partial charge in [0.05, 0.1) is 19.3 Å². The molecule has 1 atom stereocenters. The molecule has 0 radical (unpaired) electrons. The summed E-state index contributed by atoms with van der Waals surface area (Å²) in [5.41, 5.74) is 1.88. The molecule has 0 spiro atoms. The van der Waals surface area contributed by atoms with E-state index in [1.54, 1.807) is 12.1 Å². The number of benzene rings is 2. The molecule has 0 aliphatic carbocycles. The number of hydrogen-bond donors (Lipinski definition) is 0. The Morgan fingerprint density at radius 3 is 2.64 bits per heavy atom. The highest BCUT2D eigenvalue weighted by atomic mass is 19.1. The van der Waals surface area contributed by atoms with Crippen LogP contribution in [-0.4, -0.2) is 34.8 Å². The highest BCUT2D eigenvalue weighted by molar-refractivity contribution is 5.51. The Hall–Kier alpha value is -2.57. The molecule has 1 aliphatic rings. The van der Waals surface area contributed by atoms with E-state index in [0.29, 0.717) is 31.5 Å². The second-order valence-corrected chi connectivity index (χ2v) is 6.01. The number of ether oxygens (including phenoxy) is 1. The zero-order chi connectivity index (χ0) is 17.1. The van der Waals surface area contributed by atoms with Crippen molar-refractivity contribution in [2.24, 2.45) is 0 Å². The van der Waals surface area contributed by atoms with Crippen LogP contribution < -0.4 is 0 Å². The zero-order valence-electron chi connectivity index (χ0n) is 13.6. The lowest BCUT2D eigenvalue weighted by Crippen LogP contribution is -2.37. The molecule has 1 aliphatic heterocycles. The Balaban J connectivity index is 1.42. The standard InChI is InChI=1S/C19H18FN3O2/c20-16-8-6-14(7-9-16)17-12-23(10-11-24-17)13-18-21-22-19(25-18)15-4-2-1-3-5-15/h1-9,17H,10-13H2. The largest absolute Gasteiger partial charge is 0.419 e. The first-order valence-electron chi connectivity index (χ1n) is 8.25. The number of aromatic nitrogens is 2. The third-order valence-electron chi connectivity index (χ3n) is 4.24. The van der Waals surface area contributed by atoms with Crippen molar-refractivity contribution in [3.63, 3.8) is 0 Å². The lowest BCUT2D eigenvalue weighted by molar-refractivity contribution is -0.0351. The molecule has 2 heterocycles. The van der Waals surface area contributed by atoms with E-state index in [1.807, 2.05) is 30.3 Å². The van der Waals surface area contributed by atoms with E-state index in [9.17, 15) is 4.39 Å². The fraction of sp³-hybridized carbons (Fsp3) is 0.263. The molecule has 2 aromatic carbocycles. The van der Waals surface area contributed by atoms with E-state index in [2.05, 4.69) is 15.1 Å². The summed E-state index contributed by atoms with van der Waals surface area (Å²) in [4.78, 5) is 2.21. The summed E-state index contributed by atoms with van der Waals surface area (Å²) in [5.74, 6) is 0.869. The van der Waals surface area contributed by atoms with Crippen LogP contribution in [-0.2, 0) is 11.3 Å². The molecule has 6 heteroatoms. The van der Waals surface area contributed by atoms with Crippen molar-refractivity contribution in [1.82, 2.24) is 15.1 Å². The molecular formula is C19H18FN3O2. The predicted molar refractivity (Wildman–Crippen MR) is 90.1 cm³/mol. The van der Waals surface area contributed by atoms with Crippen LogP contribution in [0.25, 0.3) is 11.5 Å². The van der Waals surface area contributed by atoms with Gasteiger partial charge in [-0.15, -0.1) is 10.2 Å². The van der Waals surface area contributed by atoms with Crippen molar-refractivity contribution in [2.75, 3.05) is 19.7 Å². The number of nitrogens with zero attached hydrogens (tertiary/aromatic N) is 3. The fourth-order valence-electron chi connectivity index (χ4n) is 2.93. The van der Waals surface area contributed by atoms with Crippen molar-refractivity contribution in [1.29, 1.82) is 0 Å². The predicted octanol–water partition coefficient (Wildman–Crippen LogP) is 3.45. The van der Waals surface area contributed by atoms with Crippen LogP contribution in [0.4, 0.5) is 4.39 Å². The maximum Gasteiger partial charge on any atom is 0.247 e. The molecule has 0 saturated carbocycles. The normalized spacial score (nSPS) is 18.4. The van der Waals surface area contributed by atoms with Crippen molar-refractivity contribution >= 4 is 0 Å². The molecule has 0 amide bonds. The van der Waals surface area contributed by atoms with Gasteiger partial charge in [0.2, 0.25) is 11.8 Å². The minimum Gasteiger partial charge on any atom is -0.419 e. The maximum atomic E-state index is 13.1. The van der Waals surface area contributed by atoms with Gasteiger partial charge < -0.3 is 9.15 Å². The van der Waals surface area contributed by atoms with E-state index in [1.165, 1.54) is 12.1 Å². The smallest absolute Gasteiger partial charge is 0.247 e. The van der Waals surface area contributed by atoms with Gasteiger partial charge in [-0.2, -0.15) is 0 Å². The molecule has 25 heavy (non-hydrogen) atoms. The fourth-order valence-corrected chi connectivity index (χ4v) is 2.93. The van der Waals surface area contributed by atoms with Crippen molar-refractivity contribution in [2.45, 2.75) is 12.6 Å². The monoisotopic (exact) mass is 339 g/mol. The van der Waals surface area contributed by atoms with Gasteiger partial charge in [-0.3, -0.25) is 4.90 Å². The summed E-state index contributed by atoms with van der Waals surface area (Å²) in [6, 6.07) is 16.2. The van der Waals surface area contributed by atoms with Crippen LogP contribution in [0.5, 0.6) is 0 Å². The van der Waals surface area contributed by atoms with Crippen LogP contribution in [0.1, 0.15) is 17.6 Å². The van der Waals surface area contributed by atoms with E-state index in [0.717, 1.165) is 17.7 Å². The van der Waals surface area contributed by atoms with Crippen molar-refractivity contribution in [3.05, 3.63) is 71.9 Å². The van der Waals surface area contributed by atoms with Crippen LogP contribution in [0.2, 0.25) is 0 Å². The summed E-state index contributed by atoms with van der Waals surface area (Å²) >= 11 is 0. The Kier molecular flexibility index (Phi) is 4.54. The molecule has 128 valence electrons. The Labute approximate surface area is 145 Å². The summed E-state index contributed by atoms with van der Waals surface area (Å²) in [6.45, 7) is 2.68. The molecular weight excluding hydrogens is 321 g/mol. The van der Waals surface area contributed by atoms with Gasteiger partial charge in [-0.05, 0) is 29.8 Å². The molecule has 1 unspecified atom stereocenters. The van der Waals surface area contributed by atoms with Crippen molar-refractivity contribution < 1.29 is 13.5 Å². The summed E-state index contributed by atoms with van der Waals surface area (Å²) < 4.78 is 24.7. The molecule has 1 aromatic heterocycles. The van der Waals surface area contributed by atoms with E-state index < -0.39 is 0 Å². The topological polar surface area (TPSA) is 51.4 Å². The van der Waals surface area contributed by atoms with Crippen LogP contribution in [0.3, 0.4) is 0 Å². The first kappa shape index (κ1) is 15.9. The average molecular weight is 339 g/mol. The number of hydrogen-bond acceptors (Lipinski definition) is 5. The molecule has 3 aromatic rings. The highest BCUT2D eigenvalue weighted by Gasteiger charge is 2.23. The Morgan fingerprint density at radius 2 is 1.84 bits per heavy atom. The third-order valence-corrected chi connectivity index (χ3v) is 4.24. The van der Waals surface area contributed by atoms with Crippen LogP contribution in [0, 0.1) is 5.82 Å². The quantitative estimate of drug-likeness (QED) is 0.729. The molecule has 0 N–H and O–H groups in total. The minimum absolute atomic E-state index is 0.0779. The first-order chi connectivity index (χ1) is 12.3. The zero-order valence-corrected chi connectivity index (χ0v) is 13.6. The SMILES string of the molecule is Fc1ccc(C2CN(Cc3nnc(-c4ccccc4)o3)CCO2)cc1. The first-order valence-corrected chi connectivity index (χ1v) is 8.25. The van der Waals surface area contributed by atoms with E-state index >= 15 is 0 Å². The molecule has 5 nitrogen and oxygen atoms in total. The van der Waals surface area contributed by atoms with Gasteiger partial charge in [0.15, 0.2) is 0 Å². The lowest BCUT2D eigenvalue weighted by Gasteiger charge is -2.32.